The van der Waals surface area contributed by atoms with Crippen LogP contribution in [0.4, 0.5) is 4.70 Å². The first-order valence-electron chi connectivity index (χ1n) is 0.667. The van der Waals surface area contributed by atoms with E-state index in [1.165, 1.54) is 0 Å². The van der Waals surface area contributed by atoms with Crippen molar-refractivity contribution in [3.05, 3.63) is 0 Å². The van der Waals surface area contributed by atoms with Crippen LogP contribution in [0.5, 0.6) is 0 Å². The number of rotatable bonds is 0. The van der Waals surface area contributed by atoms with E-state index in [9.17, 15) is 0 Å². The van der Waals surface area contributed by atoms with Crippen LogP contribution >= 0.6 is 0 Å². The predicted octanol–water partition coefficient (Wildman–Crippen LogP) is -1.57. The minimum absolute atomic E-state index is 0. The van der Waals surface area contributed by atoms with Gasteiger partial charge >= 0.3 is 10.1 Å². The smallest absolute Gasteiger partial charge is 0.759 e. The molecule has 0 aromatic heterocycles. The van der Waals surface area contributed by atoms with E-state index in [4.69, 9.17) is 17.5 Å². The average Bonchev–Trinajstić information content (AvgIpc) is 0.722. The molecule has 0 atom stereocenters. The predicted molar refractivity (Wildman–Crippen MR) is 18.7 cm³/mol. The standard InChI is InChI=1S/Be.FH.H2O4S/c;;1-5(2,3)4/h;1H;(H2,1,2,3,4)/q+2;;/p-2. The molecule has 0 bridgehead atoms. The van der Waals surface area contributed by atoms with E-state index in [1.807, 2.05) is 0 Å². The summed E-state index contributed by atoms with van der Waals surface area (Å²) in [6.45, 7) is 0. The summed E-state index contributed by atoms with van der Waals surface area (Å²) in [6, 6.07) is 0. The molecule has 0 aliphatic carbocycles. The largest absolute Gasteiger partial charge is 2.00 e. The van der Waals surface area contributed by atoms with E-state index in [-0.39, 0.29) is 14.8 Å². The molecule has 0 fully saturated rings. The fraction of sp³-hybridized carbons (Fsp3) is 0. The van der Waals surface area contributed by atoms with Crippen molar-refractivity contribution in [1.82, 2.24) is 0 Å². The van der Waals surface area contributed by atoms with Crippen LogP contribution in [0.3, 0.4) is 0 Å². The molecule has 0 radical (unpaired) electrons. The van der Waals surface area contributed by atoms with Crippen molar-refractivity contribution in [3.63, 3.8) is 0 Å². The molecule has 0 aliphatic heterocycles. The molecular formula is HBeFO4S. The van der Waals surface area contributed by atoms with E-state index in [0.717, 1.165) is 0 Å². The van der Waals surface area contributed by atoms with E-state index >= 15 is 0 Å². The van der Waals surface area contributed by atoms with Gasteiger partial charge in [0.25, 0.3) is 0 Å². The van der Waals surface area contributed by atoms with Crippen LogP contribution in [-0.2, 0) is 10.4 Å². The Morgan fingerprint density at radius 3 is 1.14 bits per heavy atom. The maximum absolute atomic E-state index is 8.52. The summed E-state index contributed by atoms with van der Waals surface area (Å²) in [7, 11) is -5.17. The summed E-state index contributed by atoms with van der Waals surface area (Å²) >= 11 is 0. The molecule has 0 aliphatic rings. The summed E-state index contributed by atoms with van der Waals surface area (Å²) in [4.78, 5) is 0. The van der Waals surface area contributed by atoms with Gasteiger partial charge in [-0.25, -0.2) is 0 Å². The first-order chi connectivity index (χ1) is 2.00. The Balaban J connectivity index is -0.0000000800. The van der Waals surface area contributed by atoms with Crippen LogP contribution in [0.15, 0.2) is 0 Å². The maximum Gasteiger partial charge on any atom is 2.00 e. The Kier molecular flexibility index (Phi) is 9.31. The summed E-state index contributed by atoms with van der Waals surface area (Å²) in [6.07, 6.45) is 0. The van der Waals surface area contributed by atoms with Gasteiger partial charge in [-0.2, -0.15) is 0 Å². The molecule has 0 amide bonds. The van der Waals surface area contributed by atoms with Crippen molar-refractivity contribution >= 4 is 20.5 Å². The first kappa shape index (κ1) is 15.8. The van der Waals surface area contributed by atoms with Crippen LogP contribution in [0.25, 0.3) is 0 Å². The van der Waals surface area contributed by atoms with Gasteiger partial charge in [-0.3, -0.25) is 13.1 Å². The van der Waals surface area contributed by atoms with Crippen molar-refractivity contribution in [2.45, 2.75) is 0 Å². The van der Waals surface area contributed by atoms with Gasteiger partial charge in [0.1, 0.15) is 0 Å². The number of halogens is 1. The van der Waals surface area contributed by atoms with Crippen molar-refractivity contribution in [3.8, 4) is 0 Å². The van der Waals surface area contributed by atoms with Crippen molar-refractivity contribution in [1.29, 1.82) is 0 Å². The number of hydrogen-bond acceptors (Lipinski definition) is 4. The molecule has 0 aromatic rings. The summed E-state index contributed by atoms with van der Waals surface area (Å²) in [5, 5.41) is 0. The molecule has 4 nitrogen and oxygen atoms in total. The zero-order chi connectivity index (χ0) is 4.50. The van der Waals surface area contributed by atoms with Gasteiger partial charge in [0.15, 0.2) is 0 Å². The van der Waals surface area contributed by atoms with Gasteiger partial charge in [-0.15, -0.1) is 0 Å². The molecule has 0 spiro atoms. The second-order valence-corrected chi connectivity index (χ2v) is 1.22. The molecule has 0 aromatic carbocycles. The van der Waals surface area contributed by atoms with Crippen LogP contribution in [-0.4, -0.2) is 27.6 Å². The van der Waals surface area contributed by atoms with Crippen LogP contribution in [0, 0.1) is 0 Å². The van der Waals surface area contributed by atoms with Crippen molar-refractivity contribution in [2.75, 3.05) is 0 Å². The molecule has 7 heavy (non-hydrogen) atoms. The summed E-state index contributed by atoms with van der Waals surface area (Å²) < 4.78 is 34.1. The van der Waals surface area contributed by atoms with Gasteiger partial charge in [0.2, 0.25) is 0 Å². The Hall–Kier alpha value is -0.0312. The fourth-order valence-electron chi connectivity index (χ4n) is 0. The molecule has 0 rings (SSSR count). The quantitative estimate of drug-likeness (QED) is 0.222. The number of hydrogen-bond donors (Lipinski definition) is 0. The molecule has 0 N–H and O–H groups in total. The summed E-state index contributed by atoms with van der Waals surface area (Å²) in [5.41, 5.74) is 0. The van der Waals surface area contributed by atoms with Gasteiger partial charge in [0.05, 0.1) is 0 Å². The molecular weight excluding hydrogens is 124 g/mol. The third kappa shape index (κ3) is 96800. The van der Waals surface area contributed by atoms with Crippen LogP contribution < -0.4 is 0 Å². The van der Waals surface area contributed by atoms with Gasteiger partial charge < -0.3 is 9.11 Å². The van der Waals surface area contributed by atoms with Gasteiger partial charge in [-0.05, 0) is 0 Å². The molecule has 0 unspecified atom stereocenters. The zero-order valence-electron chi connectivity index (χ0n) is 3.16. The second kappa shape index (κ2) is 4.14. The van der Waals surface area contributed by atoms with Gasteiger partial charge in [0, 0.05) is 10.4 Å². The average molecular weight is 125 g/mol. The Morgan fingerprint density at radius 1 is 1.14 bits per heavy atom. The van der Waals surface area contributed by atoms with E-state index in [2.05, 4.69) is 0 Å². The topological polar surface area (TPSA) is 80.3 Å². The third-order valence-corrected chi connectivity index (χ3v) is 0. The molecule has 7 heteroatoms. The van der Waals surface area contributed by atoms with Crippen molar-refractivity contribution in [2.24, 2.45) is 0 Å². The SMILES string of the molecule is F.O=S(=O)([O-])[O-].[Be+2]. The Morgan fingerprint density at radius 2 is 1.14 bits per heavy atom. The first-order valence-corrected chi connectivity index (χ1v) is 2.00. The van der Waals surface area contributed by atoms with Crippen LogP contribution in [0.1, 0.15) is 0 Å². The minimum atomic E-state index is -5.17. The molecule has 40 valence electrons. The second-order valence-electron chi connectivity index (χ2n) is 0.408. The minimum Gasteiger partial charge on any atom is -0.759 e. The summed E-state index contributed by atoms with van der Waals surface area (Å²) in [5.74, 6) is 0. The zero-order valence-corrected chi connectivity index (χ0v) is 3.97. The van der Waals surface area contributed by atoms with Crippen LogP contribution in [0.2, 0.25) is 0 Å². The van der Waals surface area contributed by atoms with Crippen molar-refractivity contribution < 1.29 is 22.2 Å². The normalized spacial score (nSPS) is 8.29. The fourth-order valence-corrected chi connectivity index (χ4v) is 0. The van der Waals surface area contributed by atoms with E-state index in [1.54, 1.807) is 0 Å². The van der Waals surface area contributed by atoms with E-state index < -0.39 is 10.4 Å². The third-order valence-electron chi connectivity index (χ3n) is 0. The van der Waals surface area contributed by atoms with Gasteiger partial charge in [-0.1, -0.05) is 0 Å². The molecule has 0 saturated heterocycles. The Bertz CT molecular complexity index is 94.9. The molecule has 0 saturated carbocycles. The van der Waals surface area contributed by atoms with E-state index in [0.29, 0.717) is 0 Å². The molecule has 0 heterocycles. The Labute approximate surface area is 43.7 Å². The monoisotopic (exact) mass is 125 g/mol. The maximum atomic E-state index is 8.52.